The summed E-state index contributed by atoms with van der Waals surface area (Å²) in [7, 11) is 0. The molecular formula is C20H28FNO4. The lowest BCUT2D eigenvalue weighted by molar-refractivity contribution is -0.167. The molecule has 144 valence electrons. The van der Waals surface area contributed by atoms with Crippen molar-refractivity contribution >= 4 is 5.97 Å². The Balaban J connectivity index is 1.79. The maximum absolute atomic E-state index is 13.2. The number of hydrogen-bond acceptors (Lipinski definition) is 5. The van der Waals surface area contributed by atoms with Crippen molar-refractivity contribution in [2.24, 2.45) is 5.73 Å². The zero-order valence-corrected chi connectivity index (χ0v) is 15.2. The maximum atomic E-state index is 13.2. The highest BCUT2D eigenvalue weighted by Crippen LogP contribution is 2.29. The van der Waals surface area contributed by atoms with Crippen LogP contribution in [0.4, 0.5) is 4.39 Å². The van der Waals surface area contributed by atoms with Gasteiger partial charge in [-0.3, -0.25) is 4.79 Å². The molecular weight excluding hydrogens is 337 g/mol. The van der Waals surface area contributed by atoms with Crippen molar-refractivity contribution in [3.8, 4) is 5.75 Å². The SMILES string of the molecule is C[C@@H]1OC(=O)[C@@H](N)CCC[C@H](Oc2ccc(F)cc2)[C@H]1OC1CCCC1. The number of hydrogen-bond donors (Lipinski definition) is 1. The molecule has 1 aliphatic heterocycles. The molecule has 2 aliphatic rings. The molecule has 2 fully saturated rings. The van der Waals surface area contributed by atoms with E-state index in [1.807, 2.05) is 6.92 Å². The van der Waals surface area contributed by atoms with Crippen molar-refractivity contribution in [3.05, 3.63) is 30.1 Å². The van der Waals surface area contributed by atoms with Crippen LogP contribution in [0.2, 0.25) is 0 Å². The summed E-state index contributed by atoms with van der Waals surface area (Å²) < 4.78 is 31.2. The number of carbonyl (C=O) groups excluding carboxylic acids is 1. The van der Waals surface area contributed by atoms with E-state index in [9.17, 15) is 9.18 Å². The number of benzene rings is 1. The van der Waals surface area contributed by atoms with Gasteiger partial charge in [0.25, 0.3) is 0 Å². The predicted octanol–water partition coefficient (Wildman–Crippen LogP) is 3.34. The first-order valence-corrected chi connectivity index (χ1v) is 9.56. The molecule has 0 spiro atoms. The Kier molecular flexibility index (Phi) is 6.48. The Morgan fingerprint density at radius 1 is 1.08 bits per heavy atom. The van der Waals surface area contributed by atoms with Gasteiger partial charge in [0.05, 0.1) is 6.10 Å². The first-order valence-electron chi connectivity index (χ1n) is 9.56. The Labute approximate surface area is 154 Å². The third-order valence-electron chi connectivity index (χ3n) is 5.19. The molecule has 1 aliphatic carbocycles. The van der Waals surface area contributed by atoms with E-state index < -0.39 is 12.1 Å². The molecule has 1 heterocycles. The number of esters is 1. The maximum Gasteiger partial charge on any atom is 0.323 e. The monoisotopic (exact) mass is 365 g/mol. The van der Waals surface area contributed by atoms with Gasteiger partial charge < -0.3 is 19.9 Å². The van der Waals surface area contributed by atoms with Gasteiger partial charge in [-0.05, 0) is 63.3 Å². The van der Waals surface area contributed by atoms with Gasteiger partial charge in [0.1, 0.15) is 35.9 Å². The van der Waals surface area contributed by atoms with Crippen molar-refractivity contribution in [2.75, 3.05) is 0 Å². The standard InChI is InChI=1S/C20H28FNO4/c1-13-19(26-15-5-2-3-6-15)18(8-4-7-17(22)20(23)24-13)25-16-11-9-14(21)10-12-16/h9-13,15,17-19H,2-8,22H2,1H3/t13-,17-,18-,19-/m0/s1. The van der Waals surface area contributed by atoms with Crippen molar-refractivity contribution in [3.63, 3.8) is 0 Å². The fourth-order valence-electron chi connectivity index (χ4n) is 3.72. The lowest BCUT2D eigenvalue weighted by Gasteiger charge is -2.33. The zero-order chi connectivity index (χ0) is 18.5. The van der Waals surface area contributed by atoms with E-state index in [1.165, 1.54) is 12.1 Å². The Bertz CT molecular complexity index is 588. The Morgan fingerprint density at radius 3 is 2.46 bits per heavy atom. The summed E-state index contributed by atoms with van der Waals surface area (Å²) in [5.41, 5.74) is 5.91. The number of cyclic esters (lactones) is 1. The minimum atomic E-state index is -0.617. The van der Waals surface area contributed by atoms with Crippen LogP contribution in [-0.4, -0.2) is 36.4 Å². The van der Waals surface area contributed by atoms with E-state index in [0.717, 1.165) is 32.1 Å². The molecule has 6 heteroatoms. The van der Waals surface area contributed by atoms with Gasteiger partial charge in [0.2, 0.25) is 0 Å². The minimum Gasteiger partial charge on any atom is -0.488 e. The van der Waals surface area contributed by atoms with Gasteiger partial charge in [0.15, 0.2) is 0 Å². The molecule has 1 aromatic carbocycles. The summed E-state index contributed by atoms with van der Waals surface area (Å²) in [5, 5.41) is 0. The van der Waals surface area contributed by atoms with Gasteiger partial charge in [0, 0.05) is 0 Å². The molecule has 1 saturated heterocycles. The third kappa shape index (κ3) is 4.95. The average molecular weight is 365 g/mol. The molecule has 0 radical (unpaired) electrons. The number of rotatable bonds is 4. The van der Waals surface area contributed by atoms with Crippen LogP contribution in [-0.2, 0) is 14.3 Å². The highest BCUT2D eigenvalue weighted by Gasteiger charge is 2.37. The molecule has 5 nitrogen and oxygen atoms in total. The molecule has 0 bridgehead atoms. The van der Waals surface area contributed by atoms with Crippen LogP contribution in [0.25, 0.3) is 0 Å². The van der Waals surface area contributed by atoms with Gasteiger partial charge in [-0.15, -0.1) is 0 Å². The molecule has 2 N–H and O–H groups in total. The van der Waals surface area contributed by atoms with Crippen LogP contribution in [0.5, 0.6) is 5.75 Å². The minimum absolute atomic E-state index is 0.162. The summed E-state index contributed by atoms with van der Waals surface area (Å²) in [6.07, 6.45) is 5.35. The number of carbonyl (C=O) groups is 1. The average Bonchev–Trinajstić information content (AvgIpc) is 3.13. The van der Waals surface area contributed by atoms with E-state index in [0.29, 0.717) is 18.6 Å². The van der Waals surface area contributed by atoms with E-state index in [4.69, 9.17) is 19.9 Å². The quantitative estimate of drug-likeness (QED) is 0.829. The fourth-order valence-corrected chi connectivity index (χ4v) is 3.72. The van der Waals surface area contributed by atoms with Crippen molar-refractivity contribution in [1.82, 2.24) is 0 Å². The summed E-state index contributed by atoms with van der Waals surface area (Å²) >= 11 is 0. The lowest BCUT2D eigenvalue weighted by Crippen LogP contribution is -2.46. The van der Waals surface area contributed by atoms with Crippen LogP contribution >= 0.6 is 0 Å². The molecule has 1 saturated carbocycles. The fraction of sp³-hybridized carbons (Fsp3) is 0.650. The number of ether oxygens (including phenoxy) is 3. The van der Waals surface area contributed by atoms with Crippen LogP contribution in [0, 0.1) is 5.82 Å². The van der Waals surface area contributed by atoms with Crippen molar-refractivity contribution in [1.29, 1.82) is 0 Å². The topological polar surface area (TPSA) is 70.8 Å². The summed E-state index contributed by atoms with van der Waals surface area (Å²) in [4.78, 5) is 12.1. The van der Waals surface area contributed by atoms with Crippen molar-refractivity contribution in [2.45, 2.75) is 82.3 Å². The van der Waals surface area contributed by atoms with Gasteiger partial charge in [-0.2, -0.15) is 0 Å². The highest BCUT2D eigenvalue weighted by atomic mass is 19.1. The normalized spacial score (nSPS) is 31.0. The third-order valence-corrected chi connectivity index (χ3v) is 5.19. The molecule has 0 amide bonds. The van der Waals surface area contributed by atoms with Crippen LogP contribution in [0.3, 0.4) is 0 Å². The number of halogens is 1. The molecule has 1 aromatic rings. The van der Waals surface area contributed by atoms with E-state index in [1.54, 1.807) is 12.1 Å². The van der Waals surface area contributed by atoms with Crippen molar-refractivity contribution < 1.29 is 23.4 Å². The van der Waals surface area contributed by atoms with E-state index in [-0.39, 0.29) is 30.1 Å². The lowest BCUT2D eigenvalue weighted by atomic mass is 10.0. The van der Waals surface area contributed by atoms with Gasteiger partial charge in [-0.1, -0.05) is 12.8 Å². The summed E-state index contributed by atoms with van der Waals surface area (Å²) in [5.74, 6) is -0.114. The largest absolute Gasteiger partial charge is 0.488 e. The van der Waals surface area contributed by atoms with Gasteiger partial charge in [-0.25, -0.2) is 4.39 Å². The molecule has 26 heavy (non-hydrogen) atoms. The van der Waals surface area contributed by atoms with E-state index >= 15 is 0 Å². The second-order valence-corrected chi connectivity index (χ2v) is 7.30. The van der Waals surface area contributed by atoms with Gasteiger partial charge >= 0.3 is 5.97 Å². The van der Waals surface area contributed by atoms with Crippen LogP contribution < -0.4 is 10.5 Å². The molecule has 0 unspecified atom stereocenters. The van der Waals surface area contributed by atoms with Crippen LogP contribution in [0.1, 0.15) is 51.9 Å². The predicted molar refractivity (Wildman–Crippen MR) is 95.3 cm³/mol. The zero-order valence-electron chi connectivity index (χ0n) is 15.2. The van der Waals surface area contributed by atoms with Crippen LogP contribution in [0.15, 0.2) is 24.3 Å². The molecule has 0 aromatic heterocycles. The Hall–Kier alpha value is -1.66. The second kappa shape index (κ2) is 8.82. The molecule has 4 atom stereocenters. The summed E-state index contributed by atoms with van der Waals surface area (Å²) in [6, 6.07) is 5.34. The van der Waals surface area contributed by atoms with E-state index in [2.05, 4.69) is 0 Å². The first-order chi connectivity index (χ1) is 12.5. The second-order valence-electron chi connectivity index (χ2n) is 7.30. The highest BCUT2D eigenvalue weighted by molar-refractivity contribution is 5.75. The molecule has 3 rings (SSSR count). The number of nitrogens with two attached hydrogens (primary N) is 1. The smallest absolute Gasteiger partial charge is 0.323 e. The first kappa shape index (κ1) is 19.1. The summed E-state index contributed by atoms with van der Waals surface area (Å²) in [6.45, 7) is 1.83. The Morgan fingerprint density at radius 2 is 1.77 bits per heavy atom.